The van der Waals surface area contributed by atoms with Crippen molar-refractivity contribution >= 4 is 5.91 Å². The molecule has 118 valence electrons. The molecule has 0 saturated heterocycles. The number of aromatic amines is 1. The van der Waals surface area contributed by atoms with Gasteiger partial charge >= 0.3 is 0 Å². The van der Waals surface area contributed by atoms with E-state index in [1.54, 1.807) is 6.20 Å². The number of pyridine rings is 1. The fraction of sp³-hybridized carbons (Fsp3) is 0.412. The minimum atomic E-state index is -0.291. The van der Waals surface area contributed by atoms with Crippen molar-refractivity contribution in [2.45, 2.75) is 37.0 Å². The van der Waals surface area contributed by atoms with Gasteiger partial charge in [-0.05, 0) is 37.8 Å². The lowest BCUT2D eigenvalue weighted by molar-refractivity contribution is 0.0944. The van der Waals surface area contributed by atoms with Gasteiger partial charge in [0.1, 0.15) is 11.5 Å². The molecule has 2 fully saturated rings. The van der Waals surface area contributed by atoms with Gasteiger partial charge in [0, 0.05) is 35.8 Å². The van der Waals surface area contributed by atoms with Gasteiger partial charge in [0.15, 0.2) is 0 Å². The molecule has 2 aliphatic rings. The van der Waals surface area contributed by atoms with Gasteiger partial charge in [0.25, 0.3) is 11.5 Å². The first kappa shape index (κ1) is 14.1. The number of amides is 1. The SMILES string of the molecule is O=C(NCC1(c2ccccn2)CC1)c1cc(=O)[nH]c(C2CC2)n1. The molecule has 0 radical (unpaired) electrons. The van der Waals surface area contributed by atoms with Crippen LogP contribution in [-0.4, -0.2) is 27.4 Å². The average molecular weight is 310 g/mol. The van der Waals surface area contributed by atoms with Crippen LogP contribution in [0.15, 0.2) is 35.3 Å². The van der Waals surface area contributed by atoms with Crippen LogP contribution in [0.1, 0.15) is 53.6 Å². The summed E-state index contributed by atoms with van der Waals surface area (Å²) in [7, 11) is 0. The molecule has 23 heavy (non-hydrogen) atoms. The molecule has 0 atom stereocenters. The van der Waals surface area contributed by atoms with E-state index < -0.39 is 0 Å². The van der Waals surface area contributed by atoms with E-state index >= 15 is 0 Å². The van der Waals surface area contributed by atoms with Crippen molar-refractivity contribution in [3.8, 4) is 0 Å². The van der Waals surface area contributed by atoms with Crippen LogP contribution in [0, 0.1) is 0 Å². The Hall–Kier alpha value is -2.50. The smallest absolute Gasteiger partial charge is 0.270 e. The molecule has 2 aromatic rings. The Morgan fingerprint density at radius 3 is 2.83 bits per heavy atom. The Morgan fingerprint density at radius 2 is 2.17 bits per heavy atom. The summed E-state index contributed by atoms with van der Waals surface area (Å²) in [5.74, 6) is 0.646. The second-order valence-corrected chi connectivity index (χ2v) is 6.47. The molecular formula is C17H18N4O2. The lowest BCUT2D eigenvalue weighted by atomic mass is 10.0. The number of hydrogen-bond donors (Lipinski definition) is 2. The van der Waals surface area contributed by atoms with E-state index in [9.17, 15) is 9.59 Å². The number of carbonyl (C=O) groups is 1. The summed E-state index contributed by atoms with van der Waals surface area (Å²) in [6.45, 7) is 0.524. The molecule has 0 aliphatic heterocycles. The minimum Gasteiger partial charge on any atom is -0.350 e. The third-order valence-electron chi connectivity index (χ3n) is 4.61. The fourth-order valence-corrected chi connectivity index (χ4v) is 2.83. The molecule has 0 spiro atoms. The molecule has 2 heterocycles. The number of nitrogens with one attached hydrogen (secondary N) is 2. The van der Waals surface area contributed by atoms with Crippen LogP contribution < -0.4 is 10.9 Å². The molecule has 6 heteroatoms. The number of rotatable bonds is 5. The van der Waals surface area contributed by atoms with Crippen LogP contribution >= 0.6 is 0 Å². The zero-order chi connectivity index (χ0) is 15.9. The van der Waals surface area contributed by atoms with Crippen molar-refractivity contribution in [3.63, 3.8) is 0 Å². The van der Waals surface area contributed by atoms with E-state index in [1.807, 2.05) is 18.2 Å². The fourth-order valence-electron chi connectivity index (χ4n) is 2.83. The Labute approximate surface area is 133 Å². The first-order valence-electron chi connectivity index (χ1n) is 7.97. The molecule has 6 nitrogen and oxygen atoms in total. The van der Waals surface area contributed by atoms with Crippen molar-refractivity contribution < 1.29 is 4.79 Å². The van der Waals surface area contributed by atoms with Gasteiger partial charge in [0.2, 0.25) is 0 Å². The minimum absolute atomic E-state index is 0.0581. The average Bonchev–Trinajstić information content (AvgIpc) is 3.47. The molecule has 2 saturated carbocycles. The summed E-state index contributed by atoms with van der Waals surface area (Å²) < 4.78 is 0. The normalized spacial score (nSPS) is 18.4. The van der Waals surface area contributed by atoms with Gasteiger partial charge < -0.3 is 10.3 Å². The molecule has 1 amide bonds. The highest BCUT2D eigenvalue weighted by Crippen LogP contribution is 2.46. The van der Waals surface area contributed by atoms with Crippen LogP contribution in [0.5, 0.6) is 0 Å². The number of H-pyrrole nitrogens is 1. The number of hydrogen-bond acceptors (Lipinski definition) is 4. The van der Waals surface area contributed by atoms with Gasteiger partial charge in [-0.1, -0.05) is 6.07 Å². The van der Waals surface area contributed by atoms with E-state index in [1.165, 1.54) is 6.07 Å². The largest absolute Gasteiger partial charge is 0.350 e. The van der Waals surface area contributed by atoms with Gasteiger partial charge in [-0.15, -0.1) is 0 Å². The lowest BCUT2D eigenvalue weighted by Crippen LogP contribution is -2.34. The molecule has 0 unspecified atom stereocenters. The quantitative estimate of drug-likeness (QED) is 0.876. The van der Waals surface area contributed by atoms with Crippen LogP contribution in [0.25, 0.3) is 0 Å². The number of carbonyl (C=O) groups excluding carboxylic acids is 1. The molecule has 0 aromatic carbocycles. The Morgan fingerprint density at radius 1 is 1.35 bits per heavy atom. The Bertz CT molecular complexity index is 792. The van der Waals surface area contributed by atoms with E-state index in [-0.39, 0.29) is 22.6 Å². The van der Waals surface area contributed by atoms with Gasteiger partial charge in [-0.25, -0.2) is 4.98 Å². The maximum Gasteiger partial charge on any atom is 0.270 e. The monoisotopic (exact) mass is 310 g/mol. The first-order valence-corrected chi connectivity index (χ1v) is 7.97. The second-order valence-electron chi connectivity index (χ2n) is 6.47. The summed E-state index contributed by atoms with van der Waals surface area (Å²) in [4.78, 5) is 35.5. The topological polar surface area (TPSA) is 87.7 Å². The summed E-state index contributed by atoms with van der Waals surface area (Å²) in [5.41, 5.74) is 0.889. The summed E-state index contributed by atoms with van der Waals surface area (Å²) in [6.07, 6.45) is 5.85. The third-order valence-corrected chi connectivity index (χ3v) is 4.61. The molecule has 2 N–H and O–H groups in total. The maximum atomic E-state index is 12.4. The highest BCUT2D eigenvalue weighted by molar-refractivity contribution is 5.92. The van der Waals surface area contributed by atoms with Crippen molar-refractivity contribution in [2.75, 3.05) is 6.54 Å². The van der Waals surface area contributed by atoms with Crippen molar-refractivity contribution in [3.05, 3.63) is 58.0 Å². The number of nitrogens with zero attached hydrogens (tertiary/aromatic N) is 2. The summed E-state index contributed by atoms with van der Waals surface area (Å²) in [6, 6.07) is 7.11. The molecule has 2 aliphatic carbocycles. The summed E-state index contributed by atoms with van der Waals surface area (Å²) in [5, 5.41) is 2.92. The van der Waals surface area contributed by atoms with Crippen LogP contribution in [0.2, 0.25) is 0 Å². The van der Waals surface area contributed by atoms with Crippen LogP contribution in [0.4, 0.5) is 0 Å². The predicted molar refractivity (Wildman–Crippen MR) is 84.3 cm³/mol. The third kappa shape index (κ3) is 2.88. The van der Waals surface area contributed by atoms with E-state index in [0.717, 1.165) is 31.4 Å². The van der Waals surface area contributed by atoms with Crippen LogP contribution in [0.3, 0.4) is 0 Å². The maximum absolute atomic E-state index is 12.4. The highest BCUT2D eigenvalue weighted by Gasteiger charge is 2.45. The summed E-state index contributed by atoms with van der Waals surface area (Å²) >= 11 is 0. The number of aromatic nitrogens is 3. The highest BCUT2D eigenvalue weighted by atomic mass is 16.2. The first-order chi connectivity index (χ1) is 11.2. The molecule has 4 rings (SSSR count). The second kappa shape index (κ2) is 5.30. The van der Waals surface area contributed by atoms with Gasteiger partial charge in [0.05, 0.1) is 0 Å². The predicted octanol–water partition coefficient (Wildman–Crippen LogP) is 1.50. The standard InChI is InChI=1S/C17H18N4O2/c22-14-9-12(20-15(21-14)11-4-5-11)16(23)19-10-17(6-7-17)13-3-1-2-8-18-13/h1-3,8-9,11H,4-7,10H2,(H,19,23)(H,20,21,22). The van der Waals surface area contributed by atoms with Crippen molar-refractivity contribution in [1.82, 2.24) is 20.3 Å². The van der Waals surface area contributed by atoms with Crippen molar-refractivity contribution in [1.29, 1.82) is 0 Å². The van der Waals surface area contributed by atoms with Crippen LogP contribution in [-0.2, 0) is 5.41 Å². The van der Waals surface area contributed by atoms with Crippen molar-refractivity contribution in [2.24, 2.45) is 0 Å². The van der Waals surface area contributed by atoms with Gasteiger partial charge in [-0.3, -0.25) is 14.6 Å². The molecule has 2 aromatic heterocycles. The van der Waals surface area contributed by atoms with E-state index in [0.29, 0.717) is 18.3 Å². The molecular weight excluding hydrogens is 292 g/mol. The zero-order valence-electron chi connectivity index (χ0n) is 12.7. The lowest BCUT2D eigenvalue weighted by Gasteiger charge is -2.15. The van der Waals surface area contributed by atoms with Gasteiger partial charge in [-0.2, -0.15) is 0 Å². The Kier molecular flexibility index (Phi) is 3.25. The zero-order valence-corrected chi connectivity index (χ0v) is 12.7. The molecule has 0 bridgehead atoms. The van der Waals surface area contributed by atoms with E-state index in [4.69, 9.17) is 0 Å². The Balaban J connectivity index is 1.47. The van der Waals surface area contributed by atoms with E-state index in [2.05, 4.69) is 20.3 Å².